The summed E-state index contributed by atoms with van der Waals surface area (Å²) in [5.41, 5.74) is 0. The van der Waals surface area contributed by atoms with Crippen molar-refractivity contribution in [3.63, 3.8) is 0 Å². The number of hydrogen-bond acceptors (Lipinski definition) is 5. The summed E-state index contributed by atoms with van der Waals surface area (Å²) in [4.78, 5) is 22.0. The molecule has 0 aromatic carbocycles. The zero-order valence-corrected chi connectivity index (χ0v) is 15.5. The Morgan fingerprint density at radius 2 is 1.20 bits per heavy atom. The van der Waals surface area contributed by atoms with Crippen LogP contribution >= 0.6 is 0 Å². The molecule has 0 aromatic rings. The fourth-order valence-corrected chi connectivity index (χ4v) is 2.66. The van der Waals surface area contributed by atoms with Crippen LogP contribution in [-0.2, 0) is 14.3 Å². The first-order valence-electron chi connectivity index (χ1n) is 9.76. The minimum atomic E-state index is -0.999. The third-order valence-corrected chi connectivity index (χ3v) is 4.15. The number of carboxylic acids is 1. The summed E-state index contributed by atoms with van der Waals surface area (Å²) in [7, 11) is 0. The van der Waals surface area contributed by atoms with Crippen molar-refractivity contribution < 1.29 is 29.6 Å². The van der Waals surface area contributed by atoms with Gasteiger partial charge in [0.2, 0.25) is 6.29 Å². The third-order valence-electron chi connectivity index (χ3n) is 4.15. The first kappa shape index (κ1) is 23.9. The lowest BCUT2D eigenvalue weighted by atomic mass is 10.1. The van der Waals surface area contributed by atoms with E-state index in [1.54, 1.807) is 0 Å². The zero-order valence-electron chi connectivity index (χ0n) is 15.5. The Kier molecular flexibility index (Phi) is 16.9. The molecule has 0 aromatic heterocycles. The fraction of sp³-hybridized carbons (Fsp3) is 0.895. The van der Waals surface area contributed by atoms with E-state index in [9.17, 15) is 14.7 Å². The smallest absolute Gasteiger partial charge is 0.308 e. The molecule has 0 aliphatic carbocycles. The van der Waals surface area contributed by atoms with Crippen LogP contribution in [0, 0.1) is 0 Å². The molecule has 3 N–H and O–H groups in total. The molecule has 0 saturated carbocycles. The van der Waals surface area contributed by atoms with Crippen molar-refractivity contribution in [3.8, 4) is 0 Å². The second-order valence-corrected chi connectivity index (χ2v) is 6.59. The van der Waals surface area contributed by atoms with Gasteiger partial charge in [0.05, 0.1) is 0 Å². The van der Waals surface area contributed by atoms with Gasteiger partial charge in [-0.2, -0.15) is 0 Å². The maximum Gasteiger partial charge on any atom is 0.308 e. The van der Waals surface area contributed by atoms with Crippen molar-refractivity contribution in [3.05, 3.63) is 0 Å². The number of ether oxygens (including phenoxy) is 1. The van der Waals surface area contributed by atoms with Gasteiger partial charge in [-0.05, 0) is 25.7 Å². The summed E-state index contributed by atoms with van der Waals surface area (Å²) in [6.45, 7) is 0.249. The monoisotopic (exact) mass is 360 g/mol. The molecule has 148 valence electrons. The van der Waals surface area contributed by atoms with Crippen LogP contribution in [0.15, 0.2) is 0 Å². The van der Waals surface area contributed by atoms with E-state index in [-0.39, 0.29) is 19.0 Å². The lowest BCUT2D eigenvalue weighted by Gasteiger charge is -2.12. The largest absolute Gasteiger partial charge is 0.481 e. The second kappa shape index (κ2) is 17.7. The Bertz CT molecular complexity index is 332. The van der Waals surface area contributed by atoms with Crippen LogP contribution in [0.5, 0.6) is 0 Å². The van der Waals surface area contributed by atoms with Gasteiger partial charge in [-0.3, -0.25) is 9.59 Å². The molecule has 0 spiro atoms. The van der Waals surface area contributed by atoms with Gasteiger partial charge in [-0.15, -0.1) is 0 Å². The quantitative estimate of drug-likeness (QED) is 0.195. The Morgan fingerprint density at radius 1 is 0.720 bits per heavy atom. The zero-order chi connectivity index (χ0) is 18.8. The lowest BCUT2D eigenvalue weighted by Crippen LogP contribution is -2.17. The molecule has 0 saturated heterocycles. The van der Waals surface area contributed by atoms with Gasteiger partial charge in [0.15, 0.2) is 0 Å². The number of aliphatic carboxylic acids is 1. The van der Waals surface area contributed by atoms with E-state index in [0.29, 0.717) is 19.3 Å². The van der Waals surface area contributed by atoms with Gasteiger partial charge in [0.1, 0.15) is 0 Å². The molecule has 0 radical (unpaired) electrons. The minimum absolute atomic E-state index is 0.229. The molecular weight excluding hydrogens is 324 g/mol. The summed E-state index contributed by atoms with van der Waals surface area (Å²) < 4.78 is 4.99. The van der Waals surface area contributed by atoms with E-state index in [1.807, 2.05) is 0 Å². The van der Waals surface area contributed by atoms with Crippen LogP contribution in [0.3, 0.4) is 0 Å². The average molecular weight is 360 g/mol. The number of carbonyl (C=O) groups excluding carboxylic acids is 1. The number of rotatable bonds is 18. The van der Waals surface area contributed by atoms with Gasteiger partial charge < -0.3 is 20.1 Å². The molecule has 6 heteroatoms. The highest BCUT2D eigenvalue weighted by atomic mass is 16.6. The van der Waals surface area contributed by atoms with Crippen molar-refractivity contribution >= 4 is 11.9 Å². The summed E-state index contributed by atoms with van der Waals surface area (Å²) >= 11 is 0. The van der Waals surface area contributed by atoms with Gasteiger partial charge in [-0.25, -0.2) is 0 Å². The normalized spacial score (nSPS) is 12.1. The van der Waals surface area contributed by atoms with Crippen LogP contribution in [0.25, 0.3) is 0 Å². The minimum Gasteiger partial charge on any atom is -0.481 e. The molecule has 0 aliphatic rings. The fourth-order valence-electron chi connectivity index (χ4n) is 2.66. The standard InChI is InChI=1S/C19H36O6/c20-16-12-8-4-3-7-11-15-19(24)25-18(23)14-10-6-2-1-5-9-13-17(21)22/h19-20,24H,1-16H2,(H,21,22). The second-order valence-electron chi connectivity index (χ2n) is 6.59. The molecule has 6 nitrogen and oxygen atoms in total. The van der Waals surface area contributed by atoms with E-state index in [4.69, 9.17) is 14.9 Å². The van der Waals surface area contributed by atoms with Crippen LogP contribution in [0.1, 0.15) is 96.3 Å². The Hall–Kier alpha value is -1.14. The van der Waals surface area contributed by atoms with Crippen LogP contribution in [0.2, 0.25) is 0 Å². The van der Waals surface area contributed by atoms with Crippen LogP contribution < -0.4 is 0 Å². The van der Waals surface area contributed by atoms with Crippen molar-refractivity contribution in [1.29, 1.82) is 0 Å². The molecule has 0 bridgehead atoms. The number of aliphatic hydroxyl groups excluding tert-OH is 2. The molecule has 0 aliphatic heterocycles. The first-order valence-corrected chi connectivity index (χ1v) is 9.76. The molecule has 0 fully saturated rings. The van der Waals surface area contributed by atoms with Crippen molar-refractivity contribution in [2.75, 3.05) is 6.61 Å². The molecule has 0 heterocycles. The van der Waals surface area contributed by atoms with E-state index in [2.05, 4.69) is 0 Å². The van der Waals surface area contributed by atoms with E-state index >= 15 is 0 Å². The summed E-state index contributed by atoms with van der Waals surface area (Å²) in [6.07, 6.45) is 11.2. The molecular formula is C19H36O6. The van der Waals surface area contributed by atoms with Gasteiger partial charge in [0.25, 0.3) is 0 Å². The van der Waals surface area contributed by atoms with Crippen molar-refractivity contribution in [2.24, 2.45) is 0 Å². The highest BCUT2D eigenvalue weighted by Gasteiger charge is 2.10. The number of carbonyl (C=O) groups is 2. The molecule has 0 rings (SSSR count). The average Bonchev–Trinajstić information content (AvgIpc) is 2.56. The summed E-state index contributed by atoms with van der Waals surface area (Å²) in [5, 5.41) is 26.9. The van der Waals surface area contributed by atoms with E-state index in [1.165, 1.54) is 0 Å². The predicted molar refractivity (Wildman–Crippen MR) is 96.1 cm³/mol. The molecule has 0 amide bonds. The molecule has 1 atom stereocenters. The maximum absolute atomic E-state index is 11.6. The van der Waals surface area contributed by atoms with Gasteiger partial charge in [0, 0.05) is 25.9 Å². The van der Waals surface area contributed by atoms with Crippen LogP contribution in [-0.4, -0.2) is 40.2 Å². The van der Waals surface area contributed by atoms with Crippen molar-refractivity contribution in [1.82, 2.24) is 0 Å². The number of aliphatic hydroxyl groups is 2. The van der Waals surface area contributed by atoms with Crippen LogP contribution in [0.4, 0.5) is 0 Å². The highest BCUT2D eigenvalue weighted by Crippen LogP contribution is 2.12. The molecule has 1 unspecified atom stereocenters. The summed E-state index contributed by atoms with van der Waals surface area (Å²) in [6, 6.07) is 0. The number of carboxylic acid groups (broad SMARTS) is 1. The third kappa shape index (κ3) is 19.0. The number of esters is 1. The first-order chi connectivity index (χ1) is 12.1. The topological polar surface area (TPSA) is 104 Å². The molecule has 25 heavy (non-hydrogen) atoms. The van der Waals surface area contributed by atoms with E-state index in [0.717, 1.165) is 70.6 Å². The van der Waals surface area contributed by atoms with E-state index < -0.39 is 12.3 Å². The van der Waals surface area contributed by atoms with Gasteiger partial charge >= 0.3 is 11.9 Å². The number of unbranched alkanes of at least 4 members (excludes halogenated alkanes) is 10. The Labute approximate surface area is 151 Å². The Morgan fingerprint density at radius 3 is 1.76 bits per heavy atom. The maximum atomic E-state index is 11.6. The van der Waals surface area contributed by atoms with Gasteiger partial charge in [-0.1, -0.05) is 51.4 Å². The SMILES string of the molecule is O=C(O)CCCCCCCCC(=O)OC(O)CCCCCCCCO. The lowest BCUT2D eigenvalue weighted by molar-refractivity contribution is -0.169. The van der Waals surface area contributed by atoms with Crippen molar-refractivity contribution in [2.45, 2.75) is 103 Å². The number of hydrogen-bond donors (Lipinski definition) is 3. The Balaban J connectivity index is 3.36. The highest BCUT2D eigenvalue weighted by molar-refractivity contribution is 5.69. The predicted octanol–water partition coefficient (Wildman–Crippen LogP) is 3.78. The summed E-state index contributed by atoms with van der Waals surface area (Å²) in [5.74, 6) is -1.09.